The van der Waals surface area contributed by atoms with E-state index in [1.807, 2.05) is 45.0 Å². The monoisotopic (exact) mass is 424 g/mol. The van der Waals surface area contributed by atoms with Gasteiger partial charge in [-0.15, -0.1) is 0 Å². The second kappa shape index (κ2) is 10.7. The van der Waals surface area contributed by atoms with Crippen LogP contribution in [-0.2, 0) is 4.79 Å². The van der Waals surface area contributed by atoms with E-state index in [9.17, 15) is 9.59 Å². The van der Waals surface area contributed by atoms with Gasteiger partial charge in [0.05, 0.1) is 12.2 Å². The lowest BCUT2D eigenvalue weighted by atomic mass is 9.95. The zero-order valence-corrected chi connectivity index (χ0v) is 18.5. The van der Waals surface area contributed by atoms with E-state index in [0.717, 1.165) is 43.0 Å². The minimum atomic E-state index is -0.105. The minimum Gasteiger partial charge on any atom is -0.355 e. The summed E-state index contributed by atoms with van der Waals surface area (Å²) in [7, 11) is 0. The molecule has 0 saturated carbocycles. The Kier molecular flexibility index (Phi) is 7.81. The van der Waals surface area contributed by atoms with Crippen LogP contribution in [0, 0.1) is 5.92 Å². The van der Waals surface area contributed by atoms with Gasteiger partial charge in [-0.3, -0.25) is 9.78 Å². The molecule has 0 bridgehead atoms. The molecule has 1 saturated heterocycles. The van der Waals surface area contributed by atoms with Gasteiger partial charge in [-0.2, -0.15) is 0 Å². The Morgan fingerprint density at radius 2 is 1.81 bits per heavy atom. The molecule has 1 aromatic carbocycles. The summed E-state index contributed by atoms with van der Waals surface area (Å²) >= 11 is 0. The zero-order valence-electron chi connectivity index (χ0n) is 18.5. The van der Waals surface area contributed by atoms with Gasteiger partial charge >= 0.3 is 6.03 Å². The molecule has 3 rings (SSSR count). The second-order valence-corrected chi connectivity index (χ2v) is 7.78. The van der Waals surface area contributed by atoms with Gasteiger partial charge < -0.3 is 20.4 Å². The van der Waals surface area contributed by atoms with Crippen LogP contribution in [0.1, 0.15) is 45.2 Å². The van der Waals surface area contributed by atoms with Crippen molar-refractivity contribution < 1.29 is 9.59 Å². The molecule has 8 nitrogen and oxygen atoms in total. The number of carbonyl (C=O) groups is 2. The highest BCUT2D eigenvalue weighted by Crippen LogP contribution is 2.23. The molecule has 1 aliphatic rings. The van der Waals surface area contributed by atoms with Gasteiger partial charge in [0.25, 0.3) is 0 Å². The second-order valence-electron chi connectivity index (χ2n) is 7.78. The fourth-order valence-corrected chi connectivity index (χ4v) is 3.81. The number of aromatic nitrogens is 2. The van der Waals surface area contributed by atoms with Crippen molar-refractivity contribution >= 4 is 23.4 Å². The average Bonchev–Trinajstić information content (AvgIpc) is 2.81. The van der Waals surface area contributed by atoms with E-state index in [-0.39, 0.29) is 23.9 Å². The maximum absolute atomic E-state index is 12.8. The number of anilines is 2. The van der Waals surface area contributed by atoms with Crippen molar-refractivity contribution in [1.29, 1.82) is 0 Å². The van der Waals surface area contributed by atoms with Gasteiger partial charge in [0.2, 0.25) is 5.91 Å². The Balaban J connectivity index is 1.49. The fourth-order valence-electron chi connectivity index (χ4n) is 3.81. The normalized spacial score (nSPS) is 15.3. The largest absolute Gasteiger partial charge is 0.355 e. The van der Waals surface area contributed by atoms with Crippen LogP contribution in [0.2, 0.25) is 0 Å². The van der Waals surface area contributed by atoms with Gasteiger partial charge in [-0.25, -0.2) is 9.78 Å². The Morgan fingerprint density at radius 1 is 1.13 bits per heavy atom. The molecule has 1 unspecified atom stereocenters. The molecule has 2 heterocycles. The number of benzene rings is 1. The summed E-state index contributed by atoms with van der Waals surface area (Å²) in [5.74, 6) is 0.955. The summed E-state index contributed by atoms with van der Waals surface area (Å²) in [6.07, 6.45) is 6.71. The van der Waals surface area contributed by atoms with E-state index in [1.54, 1.807) is 23.5 Å². The quantitative estimate of drug-likeness (QED) is 0.711. The molecule has 1 aromatic heterocycles. The topological polar surface area (TPSA) is 90.5 Å². The van der Waals surface area contributed by atoms with Gasteiger partial charge in [-0.05, 0) is 51.3 Å². The average molecular weight is 425 g/mol. The molecular formula is C23H32N6O2. The number of urea groups is 1. The third-order valence-corrected chi connectivity index (χ3v) is 5.81. The van der Waals surface area contributed by atoms with Crippen LogP contribution in [0.5, 0.6) is 0 Å². The molecule has 1 atom stereocenters. The highest BCUT2D eigenvalue weighted by Gasteiger charge is 2.26. The number of hydrogen-bond donors (Lipinski definition) is 2. The van der Waals surface area contributed by atoms with E-state index in [2.05, 4.69) is 25.5 Å². The van der Waals surface area contributed by atoms with Crippen LogP contribution in [-0.4, -0.2) is 53.0 Å². The van der Waals surface area contributed by atoms with Crippen molar-refractivity contribution in [2.75, 3.05) is 36.4 Å². The van der Waals surface area contributed by atoms with Crippen molar-refractivity contribution in [3.63, 3.8) is 0 Å². The zero-order chi connectivity index (χ0) is 22.2. The van der Waals surface area contributed by atoms with Crippen molar-refractivity contribution in [1.82, 2.24) is 20.2 Å². The lowest BCUT2D eigenvalue weighted by Gasteiger charge is -2.32. The van der Waals surface area contributed by atoms with Gasteiger partial charge in [0, 0.05) is 50.2 Å². The van der Waals surface area contributed by atoms with E-state index in [1.165, 1.54) is 0 Å². The summed E-state index contributed by atoms with van der Waals surface area (Å²) in [5, 5.41) is 6.04. The van der Waals surface area contributed by atoms with Gasteiger partial charge in [-0.1, -0.05) is 12.1 Å². The molecule has 0 aliphatic carbocycles. The van der Waals surface area contributed by atoms with Crippen molar-refractivity contribution in [2.24, 2.45) is 5.92 Å². The van der Waals surface area contributed by atoms with Crippen LogP contribution in [0.3, 0.4) is 0 Å². The fraction of sp³-hybridized carbons (Fsp3) is 0.478. The molecule has 8 heteroatoms. The highest BCUT2D eigenvalue weighted by atomic mass is 16.2. The number of rotatable bonds is 7. The third kappa shape index (κ3) is 5.93. The SMILES string of the molecule is CCN(CC)C(=O)Nc1ccc(C(C)NC(=O)C2CCN(c3cnccn3)CC2)cc1. The van der Waals surface area contributed by atoms with E-state index < -0.39 is 0 Å². The van der Waals surface area contributed by atoms with Crippen LogP contribution < -0.4 is 15.5 Å². The van der Waals surface area contributed by atoms with Crippen LogP contribution in [0.25, 0.3) is 0 Å². The lowest BCUT2D eigenvalue weighted by molar-refractivity contribution is -0.126. The summed E-state index contributed by atoms with van der Waals surface area (Å²) in [4.78, 5) is 37.3. The smallest absolute Gasteiger partial charge is 0.321 e. The summed E-state index contributed by atoms with van der Waals surface area (Å²) < 4.78 is 0. The van der Waals surface area contributed by atoms with Crippen LogP contribution in [0.15, 0.2) is 42.9 Å². The molecule has 0 spiro atoms. The van der Waals surface area contributed by atoms with Crippen LogP contribution >= 0.6 is 0 Å². The molecular weight excluding hydrogens is 392 g/mol. The molecule has 31 heavy (non-hydrogen) atoms. The molecule has 166 valence electrons. The number of carbonyl (C=O) groups excluding carboxylic acids is 2. The molecule has 0 radical (unpaired) electrons. The maximum Gasteiger partial charge on any atom is 0.321 e. The number of amides is 3. The molecule has 2 aromatic rings. The van der Waals surface area contributed by atoms with Gasteiger partial charge in [0.15, 0.2) is 0 Å². The Morgan fingerprint density at radius 3 is 2.39 bits per heavy atom. The van der Waals surface area contributed by atoms with Crippen molar-refractivity contribution in [2.45, 2.75) is 39.7 Å². The molecule has 1 fully saturated rings. The van der Waals surface area contributed by atoms with E-state index in [4.69, 9.17) is 0 Å². The molecule has 2 N–H and O–H groups in total. The Hall–Kier alpha value is -3.16. The van der Waals surface area contributed by atoms with Crippen LogP contribution in [0.4, 0.5) is 16.3 Å². The highest BCUT2D eigenvalue weighted by molar-refractivity contribution is 5.89. The predicted molar refractivity (Wildman–Crippen MR) is 122 cm³/mol. The Labute approximate surface area is 184 Å². The first-order chi connectivity index (χ1) is 15.0. The summed E-state index contributed by atoms with van der Waals surface area (Å²) in [6.45, 7) is 8.82. The van der Waals surface area contributed by atoms with E-state index in [0.29, 0.717) is 13.1 Å². The first kappa shape index (κ1) is 22.5. The molecule has 1 aliphatic heterocycles. The summed E-state index contributed by atoms with van der Waals surface area (Å²) in [5.41, 5.74) is 1.75. The standard InChI is InChI=1S/C23H32N6O2/c1-4-28(5-2)23(31)27-20-8-6-18(7-9-20)17(3)26-22(30)19-10-14-29(15-11-19)21-16-24-12-13-25-21/h6-9,12-13,16-17,19H,4-5,10-11,14-15H2,1-3H3,(H,26,30)(H,27,31). The number of hydrogen-bond acceptors (Lipinski definition) is 5. The van der Waals surface area contributed by atoms with Gasteiger partial charge in [0.1, 0.15) is 5.82 Å². The minimum absolute atomic E-state index is 0.00278. The number of piperidine rings is 1. The summed E-state index contributed by atoms with van der Waals surface area (Å²) in [6, 6.07) is 7.43. The lowest BCUT2D eigenvalue weighted by Crippen LogP contribution is -2.41. The first-order valence-electron chi connectivity index (χ1n) is 11.0. The van der Waals surface area contributed by atoms with Crippen molar-refractivity contribution in [3.05, 3.63) is 48.4 Å². The third-order valence-electron chi connectivity index (χ3n) is 5.81. The van der Waals surface area contributed by atoms with E-state index >= 15 is 0 Å². The predicted octanol–water partition coefficient (Wildman–Crippen LogP) is 3.44. The van der Waals surface area contributed by atoms with Crippen molar-refractivity contribution in [3.8, 4) is 0 Å². The first-order valence-corrected chi connectivity index (χ1v) is 11.0. The molecule has 3 amide bonds. The Bertz CT molecular complexity index is 846. The number of nitrogens with one attached hydrogen (secondary N) is 2. The maximum atomic E-state index is 12.8. The number of nitrogens with zero attached hydrogens (tertiary/aromatic N) is 4.